The molecule has 1 aromatic carbocycles. The van der Waals surface area contributed by atoms with E-state index in [1.165, 1.54) is 18.4 Å². The molecular formula is C17H14N4O3S2. The Labute approximate surface area is 156 Å². The van der Waals surface area contributed by atoms with Crippen LogP contribution in [-0.2, 0) is 11.3 Å². The molecule has 9 heteroatoms. The fraction of sp³-hybridized carbons (Fsp3) is 0.118. The highest BCUT2D eigenvalue weighted by Crippen LogP contribution is 2.28. The number of thiazole rings is 1. The van der Waals surface area contributed by atoms with Crippen molar-refractivity contribution in [2.45, 2.75) is 6.54 Å². The molecule has 0 radical (unpaired) electrons. The average Bonchev–Trinajstić information content (AvgIpc) is 3.32. The van der Waals surface area contributed by atoms with Crippen molar-refractivity contribution >= 4 is 55.7 Å². The Hall–Kier alpha value is -2.91. The van der Waals surface area contributed by atoms with Gasteiger partial charge in [0.25, 0.3) is 5.91 Å². The van der Waals surface area contributed by atoms with Gasteiger partial charge in [0.1, 0.15) is 4.83 Å². The first-order valence-electron chi connectivity index (χ1n) is 7.71. The Bertz CT molecular complexity index is 1090. The van der Waals surface area contributed by atoms with Gasteiger partial charge in [-0.2, -0.15) is 0 Å². The van der Waals surface area contributed by atoms with E-state index in [0.29, 0.717) is 17.1 Å². The molecule has 0 unspecified atom stereocenters. The van der Waals surface area contributed by atoms with Crippen molar-refractivity contribution < 1.29 is 14.3 Å². The minimum absolute atomic E-state index is 0.131. The first-order valence-corrected chi connectivity index (χ1v) is 9.41. The number of amides is 2. The molecule has 3 heterocycles. The van der Waals surface area contributed by atoms with E-state index in [1.807, 2.05) is 34.2 Å². The van der Waals surface area contributed by atoms with E-state index in [4.69, 9.17) is 0 Å². The Morgan fingerprint density at radius 3 is 2.85 bits per heavy atom. The standard InChI is InChI=1S/C17H14N4O3S2/c1-24-17(23)19-11-4-2-10(3-5-11)9-18-14(22)13-8-12-15(26-13)20-16-21(12)6-7-25-16/h2-8H,9H2,1H3,(H,18,22)(H,19,23). The van der Waals surface area contributed by atoms with Gasteiger partial charge in [0.15, 0.2) is 4.96 Å². The Kier molecular flexibility index (Phi) is 4.31. The molecule has 0 atom stereocenters. The number of hydrogen-bond acceptors (Lipinski definition) is 6. The highest BCUT2D eigenvalue weighted by atomic mass is 32.1. The van der Waals surface area contributed by atoms with E-state index >= 15 is 0 Å². The van der Waals surface area contributed by atoms with Crippen LogP contribution < -0.4 is 10.6 Å². The van der Waals surface area contributed by atoms with Gasteiger partial charge in [-0.1, -0.05) is 12.1 Å². The molecule has 4 aromatic rings. The molecule has 0 saturated carbocycles. The molecule has 3 aromatic heterocycles. The summed E-state index contributed by atoms with van der Waals surface area (Å²) in [5.74, 6) is -0.131. The van der Waals surface area contributed by atoms with Crippen LogP contribution in [0.2, 0.25) is 0 Å². The number of rotatable bonds is 4. The molecule has 0 spiro atoms. The highest BCUT2D eigenvalue weighted by Gasteiger charge is 2.14. The average molecular weight is 386 g/mol. The Morgan fingerprint density at radius 1 is 1.27 bits per heavy atom. The summed E-state index contributed by atoms with van der Waals surface area (Å²) in [4.78, 5) is 30.5. The predicted molar refractivity (Wildman–Crippen MR) is 102 cm³/mol. The topological polar surface area (TPSA) is 84.7 Å². The molecule has 4 rings (SSSR count). The summed E-state index contributed by atoms with van der Waals surface area (Å²) in [6, 6.07) is 9.05. The summed E-state index contributed by atoms with van der Waals surface area (Å²) >= 11 is 2.95. The number of fused-ring (bicyclic) bond motifs is 3. The van der Waals surface area contributed by atoms with Crippen molar-refractivity contribution in [2.24, 2.45) is 0 Å². The second-order valence-corrected chi connectivity index (χ2v) is 7.37. The molecule has 0 bridgehead atoms. The maximum atomic E-state index is 12.4. The molecule has 2 N–H and O–H groups in total. The number of aromatic nitrogens is 2. The van der Waals surface area contributed by atoms with Gasteiger partial charge in [0, 0.05) is 23.8 Å². The van der Waals surface area contributed by atoms with Gasteiger partial charge in [-0.15, -0.1) is 22.7 Å². The lowest BCUT2D eigenvalue weighted by molar-refractivity contribution is 0.0955. The molecule has 0 aliphatic rings. The van der Waals surface area contributed by atoms with Crippen LogP contribution in [-0.4, -0.2) is 28.5 Å². The quantitative estimate of drug-likeness (QED) is 0.560. The smallest absolute Gasteiger partial charge is 0.411 e. The third kappa shape index (κ3) is 3.14. The van der Waals surface area contributed by atoms with E-state index in [1.54, 1.807) is 23.5 Å². The van der Waals surface area contributed by atoms with Crippen LogP contribution in [0.5, 0.6) is 0 Å². The van der Waals surface area contributed by atoms with Crippen molar-refractivity contribution in [3.8, 4) is 0 Å². The van der Waals surface area contributed by atoms with Crippen molar-refractivity contribution in [1.82, 2.24) is 14.7 Å². The molecule has 0 fully saturated rings. The summed E-state index contributed by atoms with van der Waals surface area (Å²) in [5, 5.41) is 7.45. The zero-order valence-corrected chi connectivity index (χ0v) is 15.3. The van der Waals surface area contributed by atoms with Gasteiger partial charge in [-0.3, -0.25) is 14.5 Å². The second-order valence-electron chi connectivity index (χ2n) is 5.46. The van der Waals surface area contributed by atoms with Crippen molar-refractivity contribution in [3.05, 3.63) is 52.3 Å². The number of imidazole rings is 1. The number of methoxy groups -OCH3 is 1. The van der Waals surface area contributed by atoms with Crippen LogP contribution in [0.4, 0.5) is 10.5 Å². The number of carbonyl (C=O) groups excluding carboxylic acids is 2. The van der Waals surface area contributed by atoms with Crippen molar-refractivity contribution in [3.63, 3.8) is 0 Å². The summed E-state index contributed by atoms with van der Waals surface area (Å²) in [5.41, 5.74) is 2.51. The third-order valence-corrected chi connectivity index (χ3v) is 5.58. The first-order chi connectivity index (χ1) is 12.6. The second kappa shape index (κ2) is 6.77. The summed E-state index contributed by atoms with van der Waals surface area (Å²) in [6.45, 7) is 0.397. The lowest BCUT2D eigenvalue weighted by Crippen LogP contribution is -2.21. The maximum Gasteiger partial charge on any atom is 0.411 e. The van der Waals surface area contributed by atoms with E-state index in [9.17, 15) is 9.59 Å². The Morgan fingerprint density at radius 2 is 2.08 bits per heavy atom. The third-order valence-electron chi connectivity index (χ3n) is 3.80. The van der Waals surface area contributed by atoms with Crippen LogP contribution in [0.1, 0.15) is 15.2 Å². The number of carbonyl (C=O) groups is 2. The van der Waals surface area contributed by atoms with E-state index < -0.39 is 6.09 Å². The first kappa shape index (κ1) is 16.6. The molecule has 26 heavy (non-hydrogen) atoms. The van der Waals surface area contributed by atoms with Crippen LogP contribution in [0.25, 0.3) is 15.3 Å². The van der Waals surface area contributed by atoms with Crippen LogP contribution in [0, 0.1) is 0 Å². The molecule has 0 aliphatic carbocycles. The number of ether oxygens (including phenoxy) is 1. The largest absolute Gasteiger partial charge is 0.453 e. The zero-order valence-electron chi connectivity index (χ0n) is 13.7. The van der Waals surface area contributed by atoms with Gasteiger partial charge < -0.3 is 10.1 Å². The summed E-state index contributed by atoms with van der Waals surface area (Å²) in [7, 11) is 1.31. The fourth-order valence-corrected chi connectivity index (χ4v) is 4.22. The molecule has 2 amide bonds. The fourth-order valence-electron chi connectivity index (χ4n) is 2.50. The van der Waals surface area contributed by atoms with Crippen molar-refractivity contribution in [1.29, 1.82) is 0 Å². The van der Waals surface area contributed by atoms with Gasteiger partial charge in [-0.25, -0.2) is 9.78 Å². The lowest BCUT2D eigenvalue weighted by Gasteiger charge is -2.06. The lowest BCUT2D eigenvalue weighted by atomic mass is 10.2. The molecule has 0 saturated heterocycles. The molecule has 132 valence electrons. The Balaban J connectivity index is 1.41. The maximum absolute atomic E-state index is 12.4. The number of thiophene rings is 1. The minimum atomic E-state index is -0.520. The van der Waals surface area contributed by atoms with Crippen LogP contribution in [0.15, 0.2) is 41.9 Å². The van der Waals surface area contributed by atoms with E-state index in [0.717, 1.165) is 20.9 Å². The van der Waals surface area contributed by atoms with Crippen LogP contribution >= 0.6 is 22.7 Å². The van der Waals surface area contributed by atoms with Crippen molar-refractivity contribution in [2.75, 3.05) is 12.4 Å². The molecule has 0 aliphatic heterocycles. The highest BCUT2D eigenvalue weighted by molar-refractivity contribution is 7.21. The minimum Gasteiger partial charge on any atom is -0.453 e. The van der Waals surface area contributed by atoms with Gasteiger partial charge in [0.2, 0.25) is 0 Å². The zero-order chi connectivity index (χ0) is 18.1. The van der Waals surface area contributed by atoms with Gasteiger partial charge in [-0.05, 0) is 23.8 Å². The molecular weight excluding hydrogens is 372 g/mol. The summed E-state index contributed by atoms with van der Waals surface area (Å²) < 4.78 is 6.53. The monoisotopic (exact) mass is 386 g/mol. The summed E-state index contributed by atoms with van der Waals surface area (Å²) in [6.07, 6.45) is 1.43. The van der Waals surface area contributed by atoms with Gasteiger partial charge in [0.05, 0.1) is 17.5 Å². The number of benzene rings is 1. The number of nitrogens with zero attached hydrogens (tertiary/aromatic N) is 2. The molecule has 7 nitrogen and oxygen atoms in total. The van der Waals surface area contributed by atoms with E-state index in [2.05, 4.69) is 20.4 Å². The normalized spacial score (nSPS) is 11.0. The van der Waals surface area contributed by atoms with Gasteiger partial charge >= 0.3 is 6.09 Å². The number of hydrogen-bond donors (Lipinski definition) is 2. The SMILES string of the molecule is COC(=O)Nc1ccc(CNC(=O)c2cc3c(nc4sccn43)s2)cc1. The predicted octanol–water partition coefficient (Wildman–Crippen LogP) is 3.72. The van der Waals surface area contributed by atoms with E-state index in [-0.39, 0.29) is 5.91 Å². The number of nitrogens with one attached hydrogen (secondary N) is 2. The van der Waals surface area contributed by atoms with Crippen LogP contribution in [0.3, 0.4) is 0 Å². The number of anilines is 1.